The molecule has 3 amide bonds. The molecule has 0 radical (unpaired) electrons. The fourth-order valence-corrected chi connectivity index (χ4v) is 10.1. The van der Waals surface area contributed by atoms with Gasteiger partial charge >= 0.3 is 0 Å². The number of hydrogen-bond donors (Lipinski definition) is 2. The average Bonchev–Trinajstić information content (AvgIpc) is 3.22. The maximum atomic E-state index is 13.5. The molecule has 2 aromatic carbocycles. The number of piperazine rings is 1. The highest BCUT2D eigenvalue weighted by molar-refractivity contribution is 6.31. The number of carbonyl (C=O) groups is 3. The molecule has 4 aliphatic rings. The topological polar surface area (TPSA) is 166 Å². The van der Waals surface area contributed by atoms with E-state index in [1.165, 1.54) is 4.68 Å². The Kier molecular flexibility index (Phi) is 10.9. The lowest BCUT2D eigenvalue weighted by Gasteiger charge is -2.63. The minimum Gasteiger partial charge on any atom is -0.489 e. The summed E-state index contributed by atoms with van der Waals surface area (Å²) in [5, 5.41) is 20.7. The number of aromatic nitrogens is 3. The van der Waals surface area contributed by atoms with E-state index in [0.29, 0.717) is 33.2 Å². The number of piperidine rings is 2. The first-order chi connectivity index (χ1) is 28.2. The number of benzene rings is 2. The summed E-state index contributed by atoms with van der Waals surface area (Å²) in [6.07, 6.45) is 5.70. The second kappa shape index (κ2) is 15.9. The molecule has 8 rings (SSSR count). The van der Waals surface area contributed by atoms with E-state index >= 15 is 0 Å². The van der Waals surface area contributed by atoms with Gasteiger partial charge in [0.25, 0.3) is 17.4 Å². The number of nitrogens with zero attached hydrogens (tertiary/aromatic N) is 7. The molecule has 4 aromatic rings. The summed E-state index contributed by atoms with van der Waals surface area (Å²) in [5.74, 6) is 1.09. The molecule has 15 heteroatoms. The van der Waals surface area contributed by atoms with Crippen LogP contribution in [0.1, 0.15) is 75.3 Å². The Bertz CT molecular complexity index is 2360. The Morgan fingerprint density at radius 2 is 1.68 bits per heavy atom. The number of anilines is 2. The van der Waals surface area contributed by atoms with Crippen LogP contribution >= 0.6 is 11.6 Å². The lowest BCUT2D eigenvalue weighted by molar-refractivity contribution is -0.164. The van der Waals surface area contributed by atoms with Crippen molar-refractivity contribution in [3.8, 4) is 11.8 Å². The van der Waals surface area contributed by atoms with E-state index in [1.807, 2.05) is 30.3 Å². The number of nitriles is 1. The number of pyridine rings is 1. The zero-order chi connectivity index (χ0) is 41.6. The first kappa shape index (κ1) is 40.3. The Morgan fingerprint density at radius 3 is 2.34 bits per heavy atom. The highest BCUT2D eigenvalue weighted by Crippen LogP contribution is 2.55. The molecule has 14 nitrogen and oxygen atoms in total. The van der Waals surface area contributed by atoms with Crippen molar-refractivity contribution in [2.45, 2.75) is 71.6 Å². The summed E-state index contributed by atoms with van der Waals surface area (Å²) in [5.41, 5.74) is 0.904. The number of amides is 3. The molecule has 0 spiro atoms. The Hall–Kier alpha value is -5.52. The van der Waals surface area contributed by atoms with Crippen molar-refractivity contribution in [3.63, 3.8) is 0 Å². The predicted octanol–water partition coefficient (Wildman–Crippen LogP) is 4.94. The van der Waals surface area contributed by atoms with Gasteiger partial charge in [-0.05, 0) is 67.6 Å². The highest BCUT2D eigenvalue weighted by Gasteiger charge is 2.64. The second-order valence-corrected chi connectivity index (χ2v) is 18.0. The molecular formula is C44H50ClN9O5. The number of imide groups is 1. The Balaban J connectivity index is 0.792. The number of fused-ring (bicyclic) bond motifs is 1. The van der Waals surface area contributed by atoms with Crippen LogP contribution in [0.5, 0.6) is 5.75 Å². The number of ether oxygens (including phenoxy) is 1. The molecule has 1 aliphatic carbocycles. The number of hydrogen-bond acceptors (Lipinski definition) is 11. The smallest absolute Gasteiger partial charge is 0.275 e. The SMILES string of the molecule is CC1(C)C(NC(=O)c2ccc(N3CCC(CN4CCN(c5ccc6c(=O)n([C@H]7CCC(=O)NC7=O)ncc6c5)CC4)CC3)nc2)C(C)(C)C1Oc1ccc(C#N)c(Cl)c1. The van der Waals surface area contributed by atoms with Crippen LogP contribution in [0.15, 0.2) is 65.7 Å². The molecule has 308 valence electrons. The Morgan fingerprint density at radius 1 is 0.932 bits per heavy atom. The van der Waals surface area contributed by atoms with Gasteiger partial charge in [0.05, 0.1) is 27.7 Å². The van der Waals surface area contributed by atoms with Crippen LogP contribution in [0, 0.1) is 28.1 Å². The molecule has 5 heterocycles. The summed E-state index contributed by atoms with van der Waals surface area (Å²) in [7, 11) is 0. The lowest BCUT2D eigenvalue weighted by atomic mass is 9.49. The van der Waals surface area contributed by atoms with E-state index < -0.39 is 11.9 Å². The number of carbonyl (C=O) groups excluding carboxylic acids is 3. The van der Waals surface area contributed by atoms with Crippen molar-refractivity contribution in [1.82, 2.24) is 30.3 Å². The van der Waals surface area contributed by atoms with E-state index in [9.17, 15) is 24.4 Å². The van der Waals surface area contributed by atoms with Gasteiger partial charge < -0.3 is 19.9 Å². The van der Waals surface area contributed by atoms with Crippen molar-refractivity contribution >= 4 is 51.6 Å². The number of rotatable bonds is 9. The van der Waals surface area contributed by atoms with Gasteiger partial charge in [0.2, 0.25) is 5.91 Å². The molecule has 2 N–H and O–H groups in total. The highest BCUT2D eigenvalue weighted by atomic mass is 35.5. The standard InChI is InChI=1S/C44H50ClN9O5/c1-43(2)41(44(3,4)42(43)59-32-8-5-28(23-46)34(45)22-32)50-38(56)29-6-11-36(47-24-29)53-15-13-27(14-16-53)26-51-17-19-52(20-18-51)31-7-9-33-30(21-31)25-48-54(40(33)58)35-10-12-37(55)49-39(35)57/h5-9,11,21-22,24-25,27,35,41-42H,10,12-20,26H2,1-4H3,(H,50,56)(H,49,55,57)/t35-,41?,42?/m0/s1. The van der Waals surface area contributed by atoms with Crippen molar-refractivity contribution in [3.05, 3.63) is 87.4 Å². The van der Waals surface area contributed by atoms with Crippen molar-refractivity contribution in [2.75, 3.05) is 55.6 Å². The first-order valence-electron chi connectivity index (χ1n) is 20.4. The quantitative estimate of drug-likeness (QED) is 0.220. The second-order valence-electron chi connectivity index (χ2n) is 17.6. The zero-order valence-electron chi connectivity index (χ0n) is 33.9. The summed E-state index contributed by atoms with van der Waals surface area (Å²) in [6.45, 7) is 14.9. The van der Waals surface area contributed by atoms with Crippen LogP contribution in [-0.2, 0) is 9.59 Å². The van der Waals surface area contributed by atoms with Crippen LogP contribution in [0.3, 0.4) is 0 Å². The van der Waals surface area contributed by atoms with E-state index in [2.05, 4.69) is 64.2 Å². The van der Waals surface area contributed by atoms with Gasteiger partial charge in [0, 0.05) is 92.4 Å². The minimum absolute atomic E-state index is 0.143. The fraction of sp³-hybridized carbons (Fsp3) is 0.477. The van der Waals surface area contributed by atoms with Gasteiger partial charge in [-0.3, -0.25) is 29.4 Å². The maximum Gasteiger partial charge on any atom is 0.275 e. The Labute approximate surface area is 348 Å². The minimum atomic E-state index is -0.784. The van der Waals surface area contributed by atoms with Crippen LogP contribution in [0.25, 0.3) is 10.8 Å². The van der Waals surface area contributed by atoms with E-state index in [-0.39, 0.29) is 53.2 Å². The predicted molar refractivity (Wildman–Crippen MR) is 225 cm³/mol. The number of halogens is 1. The molecule has 59 heavy (non-hydrogen) atoms. The van der Waals surface area contributed by atoms with Gasteiger partial charge in [0.15, 0.2) is 0 Å². The monoisotopic (exact) mass is 819 g/mol. The van der Waals surface area contributed by atoms with E-state index in [0.717, 1.165) is 75.5 Å². The van der Waals surface area contributed by atoms with Crippen molar-refractivity contribution in [2.24, 2.45) is 16.7 Å². The summed E-state index contributed by atoms with van der Waals surface area (Å²) < 4.78 is 7.57. The molecule has 4 fully saturated rings. The normalized spacial score (nSPS) is 23.3. The van der Waals surface area contributed by atoms with Gasteiger partial charge in [-0.1, -0.05) is 39.3 Å². The van der Waals surface area contributed by atoms with Crippen LogP contribution in [0.4, 0.5) is 11.5 Å². The molecule has 0 bridgehead atoms. The zero-order valence-corrected chi connectivity index (χ0v) is 34.7. The molecule has 2 aromatic heterocycles. The summed E-state index contributed by atoms with van der Waals surface area (Å²) >= 11 is 6.25. The molecule has 3 saturated heterocycles. The van der Waals surface area contributed by atoms with Crippen LogP contribution < -0.4 is 30.7 Å². The van der Waals surface area contributed by atoms with E-state index in [1.54, 1.807) is 30.6 Å². The third-order valence-corrected chi connectivity index (χ3v) is 13.2. The van der Waals surface area contributed by atoms with E-state index in [4.69, 9.17) is 21.3 Å². The molecular weight excluding hydrogens is 770 g/mol. The largest absolute Gasteiger partial charge is 0.489 e. The number of nitrogens with one attached hydrogen (secondary N) is 2. The average molecular weight is 820 g/mol. The van der Waals surface area contributed by atoms with Gasteiger partial charge in [-0.25, -0.2) is 9.67 Å². The van der Waals surface area contributed by atoms with Crippen LogP contribution in [-0.4, -0.2) is 95.3 Å². The first-order valence-corrected chi connectivity index (χ1v) is 20.8. The van der Waals surface area contributed by atoms with Gasteiger partial charge in [-0.2, -0.15) is 10.4 Å². The van der Waals surface area contributed by atoms with Gasteiger partial charge in [0.1, 0.15) is 29.8 Å². The molecule has 1 atom stereocenters. The molecule has 3 aliphatic heterocycles. The molecule has 1 saturated carbocycles. The molecule has 0 unspecified atom stereocenters. The van der Waals surface area contributed by atoms with Crippen molar-refractivity contribution in [1.29, 1.82) is 5.26 Å². The van der Waals surface area contributed by atoms with Gasteiger partial charge in [-0.15, -0.1) is 0 Å². The van der Waals surface area contributed by atoms with Crippen molar-refractivity contribution < 1.29 is 19.1 Å². The summed E-state index contributed by atoms with van der Waals surface area (Å²) in [4.78, 5) is 62.6. The lowest BCUT2D eigenvalue weighted by Crippen LogP contribution is -2.74. The third kappa shape index (κ3) is 7.85. The fourth-order valence-electron chi connectivity index (χ4n) is 9.90. The van der Waals surface area contributed by atoms with Crippen LogP contribution in [0.2, 0.25) is 5.02 Å². The summed E-state index contributed by atoms with van der Waals surface area (Å²) in [6, 6.07) is 15.8. The maximum absolute atomic E-state index is 13.5. The third-order valence-electron chi connectivity index (χ3n) is 12.9.